The van der Waals surface area contributed by atoms with Crippen LogP contribution >= 0.6 is 34.3 Å². The maximum atomic E-state index is 13.0. The van der Waals surface area contributed by atoms with Crippen LogP contribution in [0.3, 0.4) is 0 Å². The number of hydrogen-bond donors (Lipinski definition) is 1. The molecule has 2 fully saturated rings. The molecule has 2 aliphatic rings. The molecule has 30 heavy (non-hydrogen) atoms. The minimum Gasteiger partial charge on any atom is -0.336 e. The monoisotopic (exact) mass is 460 g/mol. The lowest BCUT2D eigenvalue weighted by Crippen LogP contribution is -2.62. The summed E-state index contributed by atoms with van der Waals surface area (Å²) in [7, 11) is 0. The van der Waals surface area contributed by atoms with Gasteiger partial charge in [0.25, 0.3) is 11.8 Å². The number of hydrogen-bond acceptors (Lipinski definition) is 6. The van der Waals surface area contributed by atoms with Gasteiger partial charge in [0.1, 0.15) is 5.69 Å². The normalized spacial score (nSPS) is 19.5. The topological polar surface area (TPSA) is 65.5 Å². The SMILES string of the molecule is Cc1c(C(=O)N2CC(N[C@H]3CCN(C(=O)c4cscn4)C3)C2)sc2ccc(Cl)cc12. The van der Waals surface area contributed by atoms with Gasteiger partial charge in [-0.25, -0.2) is 4.98 Å². The molecule has 2 aliphatic heterocycles. The number of halogens is 1. The smallest absolute Gasteiger partial charge is 0.273 e. The highest BCUT2D eigenvalue weighted by atomic mass is 35.5. The number of nitrogens with one attached hydrogen (secondary N) is 1. The van der Waals surface area contributed by atoms with Crippen LogP contribution in [0.1, 0.15) is 32.1 Å². The zero-order valence-electron chi connectivity index (χ0n) is 16.4. The third-order valence-electron chi connectivity index (χ3n) is 5.86. The summed E-state index contributed by atoms with van der Waals surface area (Å²) in [6.45, 7) is 4.82. The summed E-state index contributed by atoms with van der Waals surface area (Å²) >= 11 is 9.09. The molecule has 0 unspecified atom stereocenters. The summed E-state index contributed by atoms with van der Waals surface area (Å²) in [5.74, 6) is 0.0981. The van der Waals surface area contributed by atoms with E-state index in [0.29, 0.717) is 30.4 Å². The highest BCUT2D eigenvalue weighted by Gasteiger charge is 2.36. The first-order chi connectivity index (χ1) is 14.5. The Bertz CT molecular complexity index is 1110. The van der Waals surface area contributed by atoms with E-state index in [-0.39, 0.29) is 23.9 Å². The molecule has 0 aliphatic carbocycles. The van der Waals surface area contributed by atoms with Crippen LogP contribution in [-0.4, -0.2) is 64.9 Å². The molecular weight excluding hydrogens is 440 g/mol. The molecule has 0 saturated carbocycles. The number of aromatic nitrogens is 1. The molecule has 2 saturated heterocycles. The van der Waals surface area contributed by atoms with Crippen LogP contribution in [0, 0.1) is 6.92 Å². The zero-order chi connectivity index (χ0) is 20.8. The summed E-state index contributed by atoms with van der Waals surface area (Å²) in [6.07, 6.45) is 0.927. The molecule has 2 aromatic heterocycles. The molecule has 0 radical (unpaired) electrons. The minimum atomic E-state index is 0.00584. The first-order valence-corrected chi connectivity index (χ1v) is 12.0. The van der Waals surface area contributed by atoms with E-state index in [2.05, 4.69) is 10.3 Å². The van der Waals surface area contributed by atoms with Crippen molar-refractivity contribution < 1.29 is 9.59 Å². The van der Waals surface area contributed by atoms with Crippen molar-refractivity contribution in [1.82, 2.24) is 20.1 Å². The number of benzene rings is 1. The van der Waals surface area contributed by atoms with Gasteiger partial charge in [0, 0.05) is 53.4 Å². The molecule has 4 heterocycles. The van der Waals surface area contributed by atoms with Crippen LogP contribution in [0.25, 0.3) is 10.1 Å². The lowest BCUT2D eigenvalue weighted by molar-refractivity contribution is 0.0557. The molecular formula is C21H21ClN4O2S2. The largest absolute Gasteiger partial charge is 0.336 e. The molecule has 1 atom stereocenters. The van der Waals surface area contributed by atoms with Crippen molar-refractivity contribution in [3.63, 3.8) is 0 Å². The fourth-order valence-electron chi connectivity index (χ4n) is 4.18. The average molecular weight is 461 g/mol. The van der Waals surface area contributed by atoms with Crippen LogP contribution in [0.15, 0.2) is 29.1 Å². The van der Waals surface area contributed by atoms with Gasteiger partial charge in [-0.05, 0) is 42.5 Å². The van der Waals surface area contributed by atoms with Gasteiger partial charge in [-0.3, -0.25) is 9.59 Å². The Morgan fingerprint density at radius 1 is 1.17 bits per heavy atom. The molecule has 5 rings (SSSR count). The van der Waals surface area contributed by atoms with E-state index in [1.807, 2.05) is 34.9 Å². The fraction of sp³-hybridized carbons (Fsp3) is 0.381. The number of nitrogens with zero attached hydrogens (tertiary/aromatic N) is 3. The molecule has 6 nitrogen and oxygen atoms in total. The minimum absolute atomic E-state index is 0.00584. The quantitative estimate of drug-likeness (QED) is 0.645. The van der Waals surface area contributed by atoms with Crippen LogP contribution in [0.5, 0.6) is 0 Å². The first kappa shape index (κ1) is 19.9. The van der Waals surface area contributed by atoms with Crippen LogP contribution in [-0.2, 0) is 0 Å². The third kappa shape index (κ3) is 3.62. The van der Waals surface area contributed by atoms with E-state index >= 15 is 0 Å². The summed E-state index contributed by atoms with van der Waals surface area (Å²) < 4.78 is 1.09. The maximum Gasteiger partial charge on any atom is 0.273 e. The number of aryl methyl sites for hydroxylation is 1. The van der Waals surface area contributed by atoms with Crippen LogP contribution in [0.4, 0.5) is 0 Å². The van der Waals surface area contributed by atoms with Gasteiger partial charge < -0.3 is 15.1 Å². The van der Waals surface area contributed by atoms with Crippen molar-refractivity contribution in [1.29, 1.82) is 0 Å². The average Bonchev–Trinajstić information content (AvgIpc) is 3.45. The van der Waals surface area contributed by atoms with E-state index in [1.54, 1.807) is 10.9 Å². The van der Waals surface area contributed by atoms with Crippen molar-refractivity contribution in [2.75, 3.05) is 26.2 Å². The number of carbonyl (C=O) groups excluding carboxylic acids is 2. The molecule has 1 aromatic carbocycles. The lowest BCUT2D eigenvalue weighted by Gasteiger charge is -2.41. The second-order valence-electron chi connectivity index (χ2n) is 7.88. The highest BCUT2D eigenvalue weighted by Crippen LogP contribution is 2.34. The van der Waals surface area contributed by atoms with Gasteiger partial charge >= 0.3 is 0 Å². The number of carbonyl (C=O) groups is 2. The number of amides is 2. The molecule has 156 valence electrons. The Morgan fingerprint density at radius 2 is 1.97 bits per heavy atom. The number of likely N-dealkylation sites (tertiary alicyclic amines) is 2. The second kappa shape index (κ2) is 7.92. The predicted octanol–water partition coefficient (Wildman–Crippen LogP) is 3.65. The molecule has 0 spiro atoms. The number of thiophene rings is 1. The van der Waals surface area contributed by atoms with Gasteiger partial charge in [0.15, 0.2) is 0 Å². The molecule has 2 amide bonds. The van der Waals surface area contributed by atoms with Crippen molar-refractivity contribution in [2.24, 2.45) is 0 Å². The molecule has 0 bridgehead atoms. The maximum absolute atomic E-state index is 13.0. The Balaban J connectivity index is 1.16. The van der Waals surface area contributed by atoms with Gasteiger partial charge in [-0.1, -0.05) is 11.6 Å². The fourth-order valence-corrected chi connectivity index (χ4v) is 6.04. The number of rotatable bonds is 4. The number of fused-ring (bicyclic) bond motifs is 1. The molecule has 9 heteroatoms. The van der Waals surface area contributed by atoms with Crippen LogP contribution < -0.4 is 5.32 Å². The third-order valence-corrected chi connectivity index (χ3v) is 7.94. The second-order valence-corrected chi connectivity index (χ2v) is 10.1. The van der Waals surface area contributed by atoms with Crippen molar-refractivity contribution >= 4 is 56.2 Å². The number of thiazole rings is 1. The molecule has 1 N–H and O–H groups in total. The summed E-state index contributed by atoms with van der Waals surface area (Å²) in [5.41, 5.74) is 3.22. The van der Waals surface area contributed by atoms with Crippen molar-refractivity contribution in [2.45, 2.75) is 25.4 Å². The van der Waals surface area contributed by atoms with E-state index in [4.69, 9.17) is 11.6 Å². The standard InChI is InChI=1S/C21H21ClN4O2S2/c1-12-16-6-13(22)2-3-18(16)30-19(12)21(28)26-8-15(9-26)24-14-4-5-25(7-14)20(27)17-10-29-11-23-17/h2-3,6,10-11,14-15,24H,4-5,7-9H2,1H3/t14-/m0/s1. The summed E-state index contributed by atoms with van der Waals surface area (Å²) in [4.78, 5) is 34.1. The van der Waals surface area contributed by atoms with Gasteiger partial charge in [-0.15, -0.1) is 22.7 Å². The van der Waals surface area contributed by atoms with E-state index in [9.17, 15) is 9.59 Å². The Kier molecular flexibility index (Phi) is 5.26. The van der Waals surface area contributed by atoms with Crippen molar-refractivity contribution in [3.8, 4) is 0 Å². The summed E-state index contributed by atoms with van der Waals surface area (Å²) in [5, 5.41) is 7.15. The lowest BCUT2D eigenvalue weighted by atomic mass is 10.1. The highest BCUT2D eigenvalue weighted by molar-refractivity contribution is 7.21. The Morgan fingerprint density at radius 3 is 2.73 bits per heavy atom. The molecule has 3 aromatic rings. The van der Waals surface area contributed by atoms with Crippen molar-refractivity contribution in [3.05, 3.63) is 50.2 Å². The van der Waals surface area contributed by atoms with Crippen LogP contribution in [0.2, 0.25) is 5.02 Å². The van der Waals surface area contributed by atoms with Gasteiger partial charge in [-0.2, -0.15) is 0 Å². The predicted molar refractivity (Wildman–Crippen MR) is 121 cm³/mol. The van der Waals surface area contributed by atoms with E-state index in [0.717, 1.165) is 33.5 Å². The van der Waals surface area contributed by atoms with E-state index < -0.39 is 0 Å². The van der Waals surface area contributed by atoms with E-state index in [1.165, 1.54) is 22.7 Å². The Hall–Kier alpha value is -2.00. The zero-order valence-corrected chi connectivity index (χ0v) is 18.8. The Labute approximate surface area is 187 Å². The first-order valence-electron chi connectivity index (χ1n) is 9.91. The van der Waals surface area contributed by atoms with Gasteiger partial charge in [0.2, 0.25) is 0 Å². The summed E-state index contributed by atoms with van der Waals surface area (Å²) in [6, 6.07) is 6.31. The van der Waals surface area contributed by atoms with Gasteiger partial charge in [0.05, 0.1) is 10.4 Å².